The molecule has 0 radical (unpaired) electrons. The molecule has 2 amide bonds. The Hall–Kier alpha value is -1.06. The maximum atomic E-state index is 11.4. The topological polar surface area (TPSA) is 58.2 Å². The molecule has 0 aliphatic carbocycles. The molecule has 1 atom stereocenters. The van der Waals surface area contributed by atoms with Crippen LogP contribution in [-0.4, -0.2) is 18.5 Å². The fraction of sp³-hybridized carbons (Fsp3) is 0.857. The zero-order chi connectivity index (χ0) is 14.0. The Kier molecular flexibility index (Phi) is 9.33. The molecule has 0 rings (SSSR count). The fourth-order valence-corrected chi connectivity index (χ4v) is 1.42. The highest BCUT2D eigenvalue weighted by Gasteiger charge is 2.06. The molecule has 0 aromatic rings. The normalized spacial score (nSPS) is 12.3. The first kappa shape index (κ1) is 16.9. The van der Waals surface area contributed by atoms with Crippen LogP contribution in [0.4, 0.5) is 0 Å². The minimum atomic E-state index is 0.00549. The number of amides is 2. The van der Waals surface area contributed by atoms with Gasteiger partial charge in [-0.2, -0.15) is 0 Å². The van der Waals surface area contributed by atoms with Gasteiger partial charge in [0.25, 0.3) is 0 Å². The first-order valence-electron chi connectivity index (χ1n) is 6.99. The number of rotatable bonds is 9. The Balaban J connectivity index is 3.53. The van der Waals surface area contributed by atoms with Crippen molar-refractivity contribution in [3.8, 4) is 0 Å². The van der Waals surface area contributed by atoms with Crippen LogP contribution in [-0.2, 0) is 9.59 Å². The number of hydrogen-bond acceptors (Lipinski definition) is 2. The van der Waals surface area contributed by atoms with E-state index in [-0.39, 0.29) is 18.5 Å². The molecule has 1 unspecified atom stereocenters. The largest absolute Gasteiger partial charge is 0.339 e. The van der Waals surface area contributed by atoms with E-state index in [9.17, 15) is 9.59 Å². The Morgan fingerprint density at radius 2 is 1.44 bits per heavy atom. The van der Waals surface area contributed by atoms with Gasteiger partial charge in [-0.05, 0) is 24.7 Å². The van der Waals surface area contributed by atoms with Crippen molar-refractivity contribution < 1.29 is 9.59 Å². The minimum Gasteiger partial charge on any atom is -0.339 e. The van der Waals surface area contributed by atoms with Crippen LogP contribution in [0.2, 0.25) is 0 Å². The van der Waals surface area contributed by atoms with Gasteiger partial charge in [0.1, 0.15) is 0 Å². The second-order valence-electron chi connectivity index (χ2n) is 5.36. The lowest BCUT2D eigenvalue weighted by Gasteiger charge is -2.10. The van der Waals surface area contributed by atoms with Crippen molar-refractivity contribution in [3.05, 3.63) is 0 Å². The first-order chi connectivity index (χ1) is 8.45. The molecule has 4 nitrogen and oxygen atoms in total. The van der Waals surface area contributed by atoms with Crippen molar-refractivity contribution in [2.24, 2.45) is 11.8 Å². The molecule has 0 fully saturated rings. The maximum Gasteiger partial charge on any atom is 0.221 e. The van der Waals surface area contributed by atoms with Gasteiger partial charge < -0.3 is 10.6 Å². The van der Waals surface area contributed by atoms with Gasteiger partial charge >= 0.3 is 0 Å². The second kappa shape index (κ2) is 9.92. The molecule has 2 N–H and O–H groups in total. The Morgan fingerprint density at radius 1 is 0.944 bits per heavy atom. The number of hydrogen-bond donors (Lipinski definition) is 2. The SMILES string of the molecule is CCC(C)CCC(=O)NCNC(=O)CCC(C)C. The van der Waals surface area contributed by atoms with E-state index in [1.165, 1.54) is 0 Å². The van der Waals surface area contributed by atoms with E-state index in [1.54, 1.807) is 0 Å². The minimum absolute atomic E-state index is 0.00549. The van der Waals surface area contributed by atoms with E-state index < -0.39 is 0 Å². The molecule has 0 aliphatic rings. The van der Waals surface area contributed by atoms with E-state index in [1.807, 2.05) is 0 Å². The summed E-state index contributed by atoms with van der Waals surface area (Å²) in [6, 6.07) is 0. The smallest absolute Gasteiger partial charge is 0.221 e. The summed E-state index contributed by atoms with van der Waals surface area (Å²) in [7, 11) is 0. The Bertz CT molecular complexity index is 252. The molecule has 0 spiro atoms. The molecule has 0 saturated heterocycles. The number of carbonyl (C=O) groups is 2. The lowest BCUT2D eigenvalue weighted by molar-refractivity contribution is -0.123. The van der Waals surface area contributed by atoms with Crippen LogP contribution in [0.5, 0.6) is 0 Å². The van der Waals surface area contributed by atoms with Crippen molar-refractivity contribution in [3.63, 3.8) is 0 Å². The zero-order valence-corrected chi connectivity index (χ0v) is 12.2. The summed E-state index contributed by atoms with van der Waals surface area (Å²) >= 11 is 0. The number of carbonyl (C=O) groups excluding carboxylic acids is 2. The highest BCUT2D eigenvalue weighted by atomic mass is 16.2. The van der Waals surface area contributed by atoms with Crippen molar-refractivity contribution in [1.29, 1.82) is 0 Å². The van der Waals surface area contributed by atoms with Gasteiger partial charge in [-0.1, -0.05) is 34.1 Å². The van der Waals surface area contributed by atoms with Crippen LogP contribution in [0, 0.1) is 11.8 Å². The zero-order valence-electron chi connectivity index (χ0n) is 12.2. The molecule has 106 valence electrons. The number of nitrogens with one attached hydrogen (secondary N) is 2. The monoisotopic (exact) mass is 256 g/mol. The van der Waals surface area contributed by atoms with Crippen molar-refractivity contribution >= 4 is 11.8 Å². The van der Waals surface area contributed by atoms with Crippen LogP contribution >= 0.6 is 0 Å². The molecule has 0 saturated carbocycles. The van der Waals surface area contributed by atoms with Gasteiger partial charge in [-0.25, -0.2) is 0 Å². The second-order valence-corrected chi connectivity index (χ2v) is 5.36. The molecule has 18 heavy (non-hydrogen) atoms. The first-order valence-corrected chi connectivity index (χ1v) is 6.99. The average molecular weight is 256 g/mol. The van der Waals surface area contributed by atoms with Crippen molar-refractivity contribution in [2.75, 3.05) is 6.67 Å². The van der Waals surface area contributed by atoms with E-state index in [0.29, 0.717) is 24.7 Å². The van der Waals surface area contributed by atoms with Crippen LogP contribution < -0.4 is 10.6 Å². The fourth-order valence-electron chi connectivity index (χ4n) is 1.42. The lowest BCUT2D eigenvalue weighted by Crippen LogP contribution is -2.37. The summed E-state index contributed by atoms with van der Waals surface area (Å²) in [6.45, 7) is 8.68. The summed E-state index contributed by atoms with van der Waals surface area (Å²) in [5, 5.41) is 5.41. The Morgan fingerprint density at radius 3 is 1.89 bits per heavy atom. The predicted octanol–water partition coefficient (Wildman–Crippen LogP) is 2.44. The molecule has 0 heterocycles. The van der Waals surface area contributed by atoms with Gasteiger partial charge in [0.15, 0.2) is 0 Å². The standard InChI is InChI=1S/C14H28N2O2/c1-5-12(4)7-9-14(18)16-10-15-13(17)8-6-11(2)3/h11-12H,5-10H2,1-4H3,(H,15,17)(H,16,18). The summed E-state index contributed by atoms with van der Waals surface area (Å²) in [6.07, 6.45) is 3.95. The highest BCUT2D eigenvalue weighted by Crippen LogP contribution is 2.08. The molecule has 0 bridgehead atoms. The van der Waals surface area contributed by atoms with Crippen molar-refractivity contribution in [2.45, 2.75) is 59.8 Å². The van der Waals surface area contributed by atoms with Gasteiger partial charge in [0.05, 0.1) is 6.67 Å². The molecule has 4 heteroatoms. The van der Waals surface area contributed by atoms with E-state index >= 15 is 0 Å². The molecule has 0 aliphatic heterocycles. The summed E-state index contributed by atoms with van der Waals surface area (Å²) in [5.74, 6) is 1.13. The van der Waals surface area contributed by atoms with E-state index in [2.05, 4.69) is 38.3 Å². The van der Waals surface area contributed by atoms with Crippen LogP contribution in [0.25, 0.3) is 0 Å². The molecular formula is C14H28N2O2. The lowest BCUT2D eigenvalue weighted by atomic mass is 10.0. The van der Waals surface area contributed by atoms with Crippen molar-refractivity contribution in [1.82, 2.24) is 10.6 Å². The molecule has 0 aromatic carbocycles. The summed E-state index contributed by atoms with van der Waals surface area (Å²) in [5.41, 5.74) is 0. The van der Waals surface area contributed by atoms with Crippen LogP contribution in [0.1, 0.15) is 59.8 Å². The van der Waals surface area contributed by atoms with Crippen LogP contribution in [0.3, 0.4) is 0 Å². The maximum absolute atomic E-state index is 11.4. The van der Waals surface area contributed by atoms with Gasteiger partial charge in [-0.15, -0.1) is 0 Å². The van der Waals surface area contributed by atoms with Gasteiger partial charge in [0.2, 0.25) is 11.8 Å². The van der Waals surface area contributed by atoms with E-state index in [0.717, 1.165) is 19.3 Å². The molecule has 0 aromatic heterocycles. The highest BCUT2D eigenvalue weighted by molar-refractivity contribution is 5.78. The van der Waals surface area contributed by atoms with E-state index in [4.69, 9.17) is 0 Å². The van der Waals surface area contributed by atoms with Crippen LogP contribution in [0.15, 0.2) is 0 Å². The quantitative estimate of drug-likeness (QED) is 0.622. The summed E-state index contributed by atoms with van der Waals surface area (Å²) in [4.78, 5) is 22.8. The molecular weight excluding hydrogens is 228 g/mol. The average Bonchev–Trinajstić information content (AvgIpc) is 2.33. The Labute approximate surface area is 111 Å². The summed E-state index contributed by atoms with van der Waals surface area (Å²) < 4.78 is 0. The predicted molar refractivity (Wildman–Crippen MR) is 73.9 cm³/mol. The van der Waals surface area contributed by atoms with Gasteiger partial charge in [-0.3, -0.25) is 9.59 Å². The third-order valence-corrected chi connectivity index (χ3v) is 3.08. The van der Waals surface area contributed by atoms with Gasteiger partial charge in [0, 0.05) is 12.8 Å². The third kappa shape index (κ3) is 10.1. The third-order valence-electron chi connectivity index (χ3n) is 3.08.